The SMILES string of the molecule is O=S(=O)(O)c1cccc2c3nc4nc(nc5[nH]c(nc6nc(nc([nH]3)c12)-c1ccccc1-6)c1cccc(SOOO)c51)-c1ccccc1-4. The molecule has 0 spiro atoms. The first-order valence-electron chi connectivity index (χ1n) is 14.3. The zero-order valence-electron chi connectivity index (χ0n) is 24.1. The van der Waals surface area contributed by atoms with Gasteiger partial charge in [-0.2, -0.15) is 8.42 Å². The molecule has 9 rings (SSSR count). The summed E-state index contributed by atoms with van der Waals surface area (Å²) in [7, 11) is -4.66. The van der Waals surface area contributed by atoms with Gasteiger partial charge in [0.2, 0.25) is 0 Å². The molecule has 0 saturated heterocycles. The molecule has 2 aliphatic rings. The van der Waals surface area contributed by atoms with Crippen molar-refractivity contribution in [1.82, 2.24) is 39.9 Å². The summed E-state index contributed by atoms with van der Waals surface area (Å²) >= 11 is 0.796. The summed E-state index contributed by atoms with van der Waals surface area (Å²) < 4.78 is 40.2. The second-order valence-corrected chi connectivity index (χ2v) is 12.9. The summed E-state index contributed by atoms with van der Waals surface area (Å²) in [5.74, 6) is 1.27. The molecule has 0 unspecified atom stereocenters. The highest BCUT2D eigenvalue weighted by atomic mass is 32.2. The summed E-state index contributed by atoms with van der Waals surface area (Å²) in [6.07, 6.45) is 0. The number of fused-ring (bicyclic) bond motifs is 20. The average Bonchev–Trinajstić information content (AvgIpc) is 3.82. The second kappa shape index (κ2) is 10.7. The van der Waals surface area contributed by atoms with Gasteiger partial charge in [0.25, 0.3) is 10.1 Å². The lowest BCUT2D eigenvalue weighted by molar-refractivity contribution is -0.432. The number of rotatable bonds is 4. The number of aromatic amines is 2. The topological polar surface area (TPSA) is 202 Å². The van der Waals surface area contributed by atoms with E-state index in [0.717, 1.165) is 12.0 Å². The van der Waals surface area contributed by atoms with Crippen LogP contribution in [0.1, 0.15) is 0 Å². The van der Waals surface area contributed by atoms with Gasteiger partial charge in [0.1, 0.15) is 27.5 Å². The quantitative estimate of drug-likeness (QED) is 0.0678. The van der Waals surface area contributed by atoms with E-state index < -0.39 is 10.1 Å². The van der Waals surface area contributed by atoms with Crippen molar-refractivity contribution >= 4 is 66.3 Å². The van der Waals surface area contributed by atoms with Crippen LogP contribution in [0.5, 0.6) is 0 Å². The number of H-pyrrole nitrogens is 2. The lowest BCUT2D eigenvalue weighted by atomic mass is 10.1. The number of benzene rings is 4. The zero-order valence-corrected chi connectivity index (χ0v) is 25.7. The molecule has 48 heavy (non-hydrogen) atoms. The van der Waals surface area contributed by atoms with E-state index in [2.05, 4.69) is 15.0 Å². The van der Waals surface area contributed by atoms with Gasteiger partial charge in [-0.3, -0.25) is 4.55 Å². The Morgan fingerprint density at radius 3 is 1.52 bits per heavy atom. The Labute approximate surface area is 273 Å². The van der Waals surface area contributed by atoms with E-state index in [1.54, 1.807) is 18.2 Å². The van der Waals surface area contributed by atoms with Gasteiger partial charge in [-0.25, -0.2) is 35.2 Å². The Bertz CT molecular complexity index is 2780. The third-order valence-corrected chi connectivity index (χ3v) is 9.60. The molecule has 7 aromatic rings. The molecule has 14 nitrogen and oxygen atoms in total. The maximum Gasteiger partial charge on any atom is 0.295 e. The molecule has 0 fully saturated rings. The molecule has 4 aromatic carbocycles. The molecule has 0 aliphatic carbocycles. The van der Waals surface area contributed by atoms with Crippen molar-refractivity contribution in [3.8, 4) is 45.6 Å². The van der Waals surface area contributed by atoms with Gasteiger partial charge in [0.15, 0.2) is 23.3 Å². The van der Waals surface area contributed by atoms with Crippen LogP contribution in [0.3, 0.4) is 0 Å². The standard InChI is InChI=1S/C32H18N8O6S2/c41-45-46-47-21-13-5-11-19-23(21)31-37-27-17-9-3-1-7-15(17)26(33-27)36-30-20-12-6-14-22(48(42,43)44)24(20)32(40-30)38-28-18-10-4-2-8-16(18)25(34-28)35-29(19)39-31/h1-14,41H,(H,42,43,44)(H2,33,34,35,36,37,38,39,40). The van der Waals surface area contributed by atoms with Crippen molar-refractivity contribution in [1.29, 1.82) is 0 Å². The molecule has 3 aromatic heterocycles. The first kappa shape index (κ1) is 28.6. The Hall–Kier alpha value is -5.62. The van der Waals surface area contributed by atoms with Crippen LogP contribution >= 0.6 is 12.0 Å². The van der Waals surface area contributed by atoms with Gasteiger partial charge in [-0.15, -0.1) is 4.33 Å². The Balaban J connectivity index is 1.50. The molecule has 8 bridgehead atoms. The fraction of sp³-hybridized carbons (Fsp3) is 0. The first-order chi connectivity index (χ1) is 23.4. The third kappa shape index (κ3) is 4.47. The highest BCUT2D eigenvalue weighted by molar-refractivity contribution is 7.94. The van der Waals surface area contributed by atoms with Crippen LogP contribution in [-0.2, 0) is 19.5 Å². The molecule has 0 amide bonds. The number of nitrogens with one attached hydrogen (secondary N) is 2. The van der Waals surface area contributed by atoms with Crippen LogP contribution < -0.4 is 0 Å². The normalized spacial score (nSPS) is 12.4. The maximum atomic E-state index is 12.6. The van der Waals surface area contributed by atoms with Crippen LogP contribution in [0.25, 0.3) is 89.7 Å². The Morgan fingerprint density at radius 1 is 0.562 bits per heavy atom. The molecule has 0 radical (unpaired) electrons. The minimum absolute atomic E-state index is 0.125. The van der Waals surface area contributed by atoms with E-state index in [4.69, 9.17) is 39.5 Å². The van der Waals surface area contributed by atoms with Gasteiger partial charge < -0.3 is 9.97 Å². The van der Waals surface area contributed by atoms with Crippen molar-refractivity contribution in [2.24, 2.45) is 0 Å². The summed E-state index contributed by atoms with van der Waals surface area (Å²) in [6, 6.07) is 24.8. The molecule has 0 atom stereocenters. The van der Waals surface area contributed by atoms with Crippen molar-refractivity contribution < 1.29 is 27.6 Å². The van der Waals surface area contributed by atoms with Crippen LogP contribution in [0.2, 0.25) is 0 Å². The molecule has 2 aliphatic heterocycles. The van der Waals surface area contributed by atoms with Crippen LogP contribution in [0.15, 0.2) is 94.7 Å². The molecule has 234 valence electrons. The second-order valence-electron chi connectivity index (χ2n) is 10.8. The fourth-order valence-electron chi connectivity index (χ4n) is 6.06. The van der Waals surface area contributed by atoms with E-state index in [1.807, 2.05) is 54.6 Å². The van der Waals surface area contributed by atoms with Gasteiger partial charge in [0.05, 0.1) is 16.9 Å². The highest BCUT2D eigenvalue weighted by Crippen LogP contribution is 2.39. The molecular weight excluding hydrogens is 657 g/mol. The lowest BCUT2D eigenvalue weighted by Crippen LogP contribution is -1.98. The molecule has 0 saturated carbocycles. The van der Waals surface area contributed by atoms with Gasteiger partial charge in [-0.1, -0.05) is 77.8 Å². The van der Waals surface area contributed by atoms with E-state index in [0.29, 0.717) is 72.1 Å². The van der Waals surface area contributed by atoms with Gasteiger partial charge in [-0.05, 0) is 12.1 Å². The predicted octanol–water partition coefficient (Wildman–Crippen LogP) is 6.54. The highest BCUT2D eigenvalue weighted by Gasteiger charge is 2.24. The molecular formula is C32H18N8O6S2. The summed E-state index contributed by atoms with van der Waals surface area (Å²) in [5.41, 5.74) is 3.96. The van der Waals surface area contributed by atoms with E-state index in [9.17, 15) is 13.0 Å². The van der Waals surface area contributed by atoms with E-state index >= 15 is 0 Å². The molecule has 4 N–H and O–H groups in total. The molecule has 5 heterocycles. The summed E-state index contributed by atoms with van der Waals surface area (Å²) in [6.45, 7) is 0. The maximum absolute atomic E-state index is 12.6. The van der Waals surface area contributed by atoms with Crippen molar-refractivity contribution in [2.45, 2.75) is 9.79 Å². The fourth-order valence-corrected chi connectivity index (χ4v) is 7.30. The lowest BCUT2D eigenvalue weighted by Gasteiger charge is -2.00. The van der Waals surface area contributed by atoms with Crippen LogP contribution in [0.4, 0.5) is 0 Å². The van der Waals surface area contributed by atoms with Gasteiger partial charge >= 0.3 is 0 Å². The minimum Gasteiger partial charge on any atom is -0.324 e. The average molecular weight is 675 g/mol. The van der Waals surface area contributed by atoms with Crippen molar-refractivity contribution in [3.63, 3.8) is 0 Å². The van der Waals surface area contributed by atoms with Gasteiger partial charge in [0, 0.05) is 43.8 Å². The number of aromatic nitrogens is 8. The summed E-state index contributed by atoms with van der Waals surface area (Å²) in [5, 5.41) is 14.6. The van der Waals surface area contributed by atoms with Crippen LogP contribution in [-0.4, -0.2) is 58.1 Å². The Kier molecular flexibility index (Phi) is 6.38. The van der Waals surface area contributed by atoms with E-state index in [-0.39, 0.29) is 27.4 Å². The minimum atomic E-state index is -4.66. The smallest absolute Gasteiger partial charge is 0.295 e. The van der Waals surface area contributed by atoms with Crippen molar-refractivity contribution in [2.75, 3.05) is 0 Å². The van der Waals surface area contributed by atoms with Crippen molar-refractivity contribution in [3.05, 3.63) is 84.9 Å². The van der Waals surface area contributed by atoms with E-state index in [1.165, 1.54) is 12.1 Å². The largest absolute Gasteiger partial charge is 0.324 e. The monoisotopic (exact) mass is 674 g/mol. The third-order valence-electron chi connectivity index (χ3n) is 8.05. The number of hydrogen-bond acceptors (Lipinski definition) is 12. The predicted molar refractivity (Wildman–Crippen MR) is 177 cm³/mol. The summed E-state index contributed by atoms with van der Waals surface area (Å²) in [4.78, 5) is 35.8. The number of hydrogen-bond donors (Lipinski definition) is 4. The Morgan fingerprint density at radius 2 is 1.02 bits per heavy atom. The number of nitrogens with zero attached hydrogens (tertiary/aromatic N) is 6. The first-order valence-corrected chi connectivity index (χ1v) is 16.4. The molecule has 16 heteroatoms. The zero-order chi connectivity index (χ0) is 32.6. The van der Waals surface area contributed by atoms with Crippen LogP contribution in [0, 0.1) is 0 Å².